The summed E-state index contributed by atoms with van der Waals surface area (Å²) in [7, 11) is 0. The number of hydrogen-bond acceptors (Lipinski definition) is 4. The lowest BCUT2D eigenvalue weighted by Crippen LogP contribution is -2.53. The van der Waals surface area contributed by atoms with Gasteiger partial charge in [-0.25, -0.2) is 0 Å². The first kappa shape index (κ1) is 24.2. The predicted octanol–water partition coefficient (Wildman–Crippen LogP) is 3.39. The molecular formula is C30H34N4O2. The van der Waals surface area contributed by atoms with Crippen LogP contribution in [0.2, 0.25) is 0 Å². The summed E-state index contributed by atoms with van der Waals surface area (Å²) in [6.07, 6.45) is 0.548. The van der Waals surface area contributed by atoms with Gasteiger partial charge in [-0.2, -0.15) is 0 Å². The fourth-order valence-electron chi connectivity index (χ4n) is 5.13. The van der Waals surface area contributed by atoms with Gasteiger partial charge in [0.05, 0.1) is 6.54 Å². The van der Waals surface area contributed by atoms with Gasteiger partial charge in [0.1, 0.15) is 6.04 Å². The highest BCUT2D eigenvalue weighted by atomic mass is 16.2. The van der Waals surface area contributed by atoms with E-state index < -0.39 is 6.04 Å². The second-order valence-electron chi connectivity index (χ2n) is 9.85. The van der Waals surface area contributed by atoms with Crippen LogP contribution < -0.4 is 10.2 Å². The van der Waals surface area contributed by atoms with Gasteiger partial charge < -0.3 is 5.32 Å². The minimum absolute atomic E-state index is 0.00760. The number of carbonyl (C=O) groups is 2. The highest BCUT2D eigenvalue weighted by Crippen LogP contribution is 2.32. The molecule has 1 fully saturated rings. The molecular weight excluding hydrogens is 448 g/mol. The van der Waals surface area contributed by atoms with E-state index in [9.17, 15) is 9.59 Å². The summed E-state index contributed by atoms with van der Waals surface area (Å²) >= 11 is 0. The summed E-state index contributed by atoms with van der Waals surface area (Å²) in [4.78, 5) is 33.2. The van der Waals surface area contributed by atoms with Crippen molar-refractivity contribution in [1.29, 1.82) is 0 Å². The molecule has 186 valence electrons. The van der Waals surface area contributed by atoms with Crippen molar-refractivity contribution in [2.24, 2.45) is 0 Å². The maximum atomic E-state index is 13.6. The normalized spacial score (nSPS) is 18.1. The Bertz CT molecular complexity index is 1190. The Balaban J connectivity index is 1.20. The molecule has 1 atom stereocenters. The molecule has 0 aromatic heterocycles. The summed E-state index contributed by atoms with van der Waals surface area (Å²) in [5.74, 6) is -0.113. The summed E-state index contributed by atoms with van der Waals surface area (Å²) in [5, 5.41) is 3.04. The maximum Gasteiger partial charge on any atom is 0.243 e. The molecule has 2 aliphatic heterocycles. The molecule has 0 bridgehead atoms. The second-order valence-corrected chi connectivity index (χ2v) is 9.85. The Hall–Kier alpha value is -3.48. The molecule has 0 radical (unpaired) electrons. The van der Waals surface area contributed by atoms with Crippen LogP contribution in [0.3, 0.4) is 0 Å². The molecule has 1 unspecified atom stereocenters. The lowest BCUT2D eigenvalue weighted by Gasteiger charge is -2.35. The molecule has 3 aromatic rings. The number of hydrogen-bond donors (Lipinski definition) is 1. The van der Waals surface area contributed by atoms with E-state index >= 15 is 0 Å². The van der Waals surface area contributed by atoms with Crippen molar-refractivity contribution in [3.63, 3.8) is 0 Å². The van der Waals surface area contributed by atoms with E-state index in [0.29, 0.717) is 19.5 Å². The fourth-order valence-corrected chi connectivity index (χ4v) is 5.13. The van der Waals surface area contributed by atoms with E-state index in [4.69, 9.17) is 0 Å². The molecule has 0 aliphatic carbocycles. The van der Waals surface area contributed by atoms with Crippen LogP contribution in [0, 0.1) is 6.92 Å². The second kappa shape index (κ2) is 11.1. The van der Waals surface area contributed by atoms with Crippen LogP contribution >= 0.6 is 0 Å². The smallest absolute Gasteiger partial charge is 0.243 e. The Labute approximate surface area is 213 Å². The molecule has 1 N–H and O–H groups in total. The van der Waals surface area contributed by atoms with Crippen LogP contribution in [-0.2, 0) is 29.1 Å². The lowest BCUT2D eigenvalue weighted by molar-refractivity contribution is -0.127. The maximum absolute atomic E-state index is 13.6. The Morgan fingerprint density at radius 1 is 0.806 bits per heavy atom. The van der Waals surface area contributed by atoms with Gasteiger partial charge in [-0.3, -0.25) is 24.3 Å². The zero-order valence-electron chi connectivity index (χ0n) is 20.9. The minimum Gasteiger partial charge on any atom is -0.350 e. The number of piperazine rings is 1. The molecule has 1 saturated heterocycles. The van der Waals surface area contributed by atoms with Crippen molar-refractivity contribution in [3.8, 4) is 0 Å². The van der Waals surface area contributed by atoms with E-state index in [-0.39, 0.29) is 11.8 Å². The summed E-state index contributed by atoms with van der Waals surface area (Å²) in [6, 6.07) is 25.9. The largest absolute Gasteiger partial charge is 0.350 e. The average Bonchev–Trinajstić information content (AvgIpc) is 3.30. The number of para-hydroxylation sites is 1. The number of fused-ring (bicyclic) bond motifs is 1. The van der Waals surface area contributed by atoms with Gasteiger partial charge in [0.15, 0.2) is 0 Å². The molecule has 6 heteroatoms. The van der Waals surface area contributed by atoms with E-state index in [1.54, 1.807) is 4.90 Å². The molecule has 2 heterocycles. The number of amides is 2. The SMILES string of the molecule is Cc1ccc(CN2CCN(CC(=O)N3c4ccccc4CC3C(=O)NCc3ccccc3)CC2)cc1. The van der Waals surface area contributed by atoms with Crippen LogP contribution in [-0.4, -0.2) is 60.4 Å². The van der Waals surface area contributed by atoms with Crippen molar-refractivity contribution in [2.75, 3.05) is 37.6 Å². The van der Waals surface area contributed by atoms with Gasteiger partial charge in [-0.05, 0) is 29.7 Å². The van der Waals surface area contributed by atoms with Gasteiger partial charge in [0.2, 0.25) is 11.8 Å². The molecule has 0 saturated carbocycles. The topological polar surface area (TPSA) is 55.9 Å². The standard InChI is InChI=1S/C30H34N4O2/c1-23-11-13-25(14-12-23)21-32-15-17-33(18-16-32)22-29(35)34-27-10-6-5-9-26(27)19-28(34)30(36)31-20-24-7-3-2-4-8-24/h2-14,28H,15-22H2,1H3,(H,31,36). The summed E-state index contributed by atoms with van der Waals surface area (Å²) in [5.41, 5.74) is 5.55. The number of aryl methyl sites for hydroxylation is 1. The number of anilines is 1. The first-order valence-electron chi connectivity index (χ1n) is 12.8. The first-order valence-corrected chi connectivity index (χ1v) is 12.8. The zero-order chi connectivity index (χ0) is 24.9. The molecule has 2 amide bonds. The fraction of sp³-hybridized carbons (Fsp3) is 0.333. The minimum atomic E-state index is -0.513. The Morgan fingerprint density at radius 3 is 2.22 bits per heavy atom. The molecule has 0 spiro atoms. The van der Waals surface area contributed by atoms with Crippen LogP contribution in [0.15, 0.2) is 78.9 Å². The highest BCUT2D eigenvalue weighted by Gasteiger charge is 2.38. The monoisotopic (exact) mass is 482 g/mol. The van der Waals surface area contributed by atoms with Gasteiger partial charge in [0.25, 0.3) is 0 Å². The zero-order valence-corrected chi connectivity index (χ0v) is 20.9. The van der Waals surface area contributed by atoms with Crippen molar-refractivity contribution in [3.05, 3.63) is 101 Å². The van der Waals surface area contributed by atoms with Crippen LogP contribution in [0.5, 0.6) is 0 Å². The third-order valence-electron chi connectivity index (χ3n) is 7.21. The summed E-state index contributed by atoms with van der Waals surface area (Å²) < 4.78 is 0. The third-order valence-corrected chi connectivity index (χ3v) is 7.21. The van der Waals surface area contributed by atoms with E-state index in [2.05, 4.69) is 46.3 Å². The molecule has 2 aliphatic rings. The molecule has 36 heavy (non-hydrogen) atoms. The first-order chi connectivity index (χ1) is 17.6. The van der Waals surface area contributed by atoms with E-state index in [1.807, 2.05) is 54.6 Å². The van der Waals surface area contributed by atoms with E-state index in [0.717, 1.165) is 49.5 Å². The number of nitrogens with one attached hydrogen (secondary N) is 1. The highest BCUT2D eigenvalue weighted by molar-refractivity contribution is 6.04. The van der Waals surface area contributed by atoms with Gasteiger partial charge in [-0.15, -0.1) is 0 Å². The molecule has 6 nitrogen and oxygen atoms in total. The summed E-state index contributed by atoms with van der Waals surface area (Å²) in [6.45, 7) is 7.38. The third kappa shape index (κ3) is 5.66. The quantitative estimate of drug-likeness (QED) is 0.561. The van der Waals surface area contributed by atoms with Crippen LogP contribution in [0.25, 0.3) is 0 Å². The Morgan fingerprint density at radius 2 is 1.47 bits per heavy atom. The molecule has 3 aromatic carbocycles. The van der Waals surface area contributed by atoms with Gasteiger partial charge in [0, 0.05) is 51.4 Å². The van der Waals surface area contributed by atoms with Crippen LogP contribution in [0.4, 0.5) is 5.69 Å². The number of carbonyl (C=O) groups excluding carboxylic acids is 2. The van der Waals surface area contributed by atoms with Crippen molar-refractivity contribution < 1.29 is 9.59 Å². The van der Waals surface area contributed by atoms with Gasteiger partial charge in [-0.1, -0.05) is 78.4 Å². The number of benzene rings is 3. The Kier molecular flexibility index (Phi) is 7.44. The predicted molar refractivity (Wildman–Crippen MR) is 143 cm³/mol. The van der Waals surface area contributed by atoms with Crippen LogP contribution in [0.1, 0.15) is 22.3 Å². The lowest BCUT2D eigenvalue weighted by atomic mass is 10.1. The molecule has 5 rings (SSSR count). The van der Waals surface area contributed by atoms with Crippen molar-refractivity contribution in [1.82, 2.24) is 15.1 Å². The van der Waals surface area contributed by atoms with E-state index in [1.165, 1.54) is 11.1 Å². The van der Waals surface area contributed by atoms with Gasteiger partial charge >= 0.3 is 0 Å². The number of rotatable bonds is 7. The average molecular weight is 483 g/mol. The van der Waals surface area contributed by atoms with Crippen molar-refractivity contribution in [2.45, 2.75) is 32.5 Å². The number of nitrogens with zero attached hydrogens (tertiary/aromatic N) is 3. The van der Waals surface area contributed by atoms with Crippen molar-refractivity contribution >= 4 is 17.5 Å².